The van der Waals surface area contributed by atoms with E-state index in [-0.39, 0.29) is 18.4 Å². The van der Waals surface area contributed by atoms with Crippen molar-refractivity contribution in [3.8, 4) is 0 Å². The molecule has 28 heavy (non-hydrogen) atoms. The second kappa shape index (κ2) is 6.55. The summed E-state index contributed by atoms with van der Waals surface area (Å²) in [6, 6.07) is 11.5. The summed E-state index contributed by atoms with van der Waals surface area (Å²) in [5, 5.41) is 2.68. The first-order valence-electron chi connectivity index (χ1n) is 8.73. The molecule has 2 aromatic carbocycles. The van der Waals surface area contributed by atoms with E-state index in [1.807, 2.05) is 19.1 Å². The fourth-order valence-electron chi connectivity index (χ4n) is 3.79. The Hall–Kier alpha value is -2.48. The van der Waals surface area contributed by atoms with Crippen LogP contribution in [-0.4, -0.2) is 28.5 Å². The molecule has 0 aliphatic carbocycles. The summed E-state index contributed by atoms with van der Waals surface area (Å²) >= 11 is 1.52. The molecule has 2 atom stereocenters. The largest absolute Gasteiger partial charge is 0.416 e. The minimum atomic E-state index is -4.43. The average molecular weight is 406 g/mol. The molecule has 2 aromatic rings. The Morgan fingerprint density at radius 2 is 2.00 bits per heavy atom. The molecular weight excluding hydrogens is 389 g/mol. The van der Waals surface area contributed by atoms with Crippen LogP contribution in [0.3, 0.4) is 0 Å². The van der Waals surface area contributed by atoms with Crippen molar-refractivity contribution < 1.29 is 22.8 Å². The standard InChI is InChI=1S/C20H17F3N2O2S/c1-19-15-8-3-2-7-14(15)18(27)25(19)16(11-28-19)17(26)24-10-12-5-4-6-13(9-12)20(21,22)23/h2-9,16H,10-11H2,1H3,(H,24,26). The zero-order valence-electron chi connectivity index (χ0n) is 14.9. The zero-order valence-corrected chi connectivity index (χ0v) is 15.7. The maximum Gasteiger partial charge on any atom is 0.416 e. The van der Waals surface area contributed by atoms with Crippen molar-refractivity contribution >= 4 is 23.6 Å². The van der Waals surface area contributed by atoms with E-state index in [9.17, 15) is 22.8 Å². The summed E-state index contributed by atoms with van der Waals surface area (Å²) < 4.78 is 38.5. The minimum Gasteiger partial charge on any atom is -0.350 e. The van der Waals surface area contributed by atoms with Gasteiger partial charge < -0.3 is 10.2 Å². The van der Waals surface area contributed by atoms with Gasteiger partial charge in [0.1, 0.15) is 10.9 Å². The number of hydrogen-bond acceptors (Lipinski definition) is 3. The number of hydrogen-bond donors (Lipinski definition) is 1. The van der Waals surface area contributed by atoms with Crippen molar-refractivity contribution in [3.63, 3.8) is 0 Å². The normalized spacial score (nSPS) is 23.5. The van der Waals surface area contributed by atoms with E-state index < -0.39 is 22.7 Å². The Balaban J connectivity index is 1.50. The number of nitrogens with zero attached hydrogens (tertiary/aromatic N) is 1. The van der Waals surface area contributed by atoms with E-state index in [1.165, 1.54) is 23.9 Å². The highest BCUT2D eigenvalue weighted by molar-refractivity contribution is 8.00. The topological polar surface area (TPSA) is 49.4 Å². The summed E-state index contributed by atoms with van der Waals surface area (Å²) in [6.45, 7) is 1.89. The number of halogens is 3. The van der Waals surface area contributed by atoms with E-state index in [1.54, 1.807) is 17.0 Å². The van der Waals surface area contributed by atoms with Crippen molar-refractivity contribution in [1.29, 1.82) is 0 Å². The number of benzene rings is 2. The van der Waals surface area contributed by atoms with Gasteiger partial charge in [0, 0.05) is 23.4 Å². The fourth-order valence-corrected chi connectivity index (χ4v) is 5.25. The van der Waals surface area contributed by atoms with Crippen molar-refractivity contribution in [1.82, 2.24) is 10.2 Å². The molecule has 2 aliphatic heterocycles. The van der Waals surface area contributed by atoms with Gasteiger partial charge in [-0.2, -0.15) is 13.2 Å². The third-order valence-corrected chi connectivity index (χ3v) is 6.65. The van der Waals surface area contributed by atoms with E-state index in [4.69, 9.17) is 0 Å². The van der Waals surface area contributed by atoms with E-state index in [2.05, 4.69) is 5.32 Å². The third kappa shape index (κ3) is 2.96. The summed E-state index contributed by atoms with van der Waals surface area (Å²) in [5.41, 5.74) is 1.08. The van der Waals surface area contributed by atoms with Gasteiger partial charge in [0.2, 0.25) is 5.91 Å². The minimum absolute atomic E-state index is 0.0321. The SMILES string of the molecule is CC12SCC(C(=O)NCc3cccc(C(F)(F)F)c3)N1C(=O)c1ccccc12. The number of rotatable bonds is 3. The molecule has 0 bridgehead atoms. The summed E-state index contributed by atoms with van der Waals surface area (Å²) in [6.07, 6.45) is -4.43. The lowest BCUT2D eigenvalue weighted by Gasteiger charge is -2.30. The first kappa shape index (κ1) is 18.9. The van der Waals surface area contributed by atoms with Gasteiger partial charge in [-0.05, 0) is 30.7 Å². The molecule has 2 unspecified atom stereocenters. The van der Waals surface area contributed by atoms with Crippen LogP contribution < -0.4 is 5.32 Å². The van der Waals surface area contributed by atoms with Gasteiger partial charge >= 0.3 is 6.18 Å². The number of fused-ring (bicyclic) bond motifs is 3. The molecule has 0 spiro atoms. The summed E-state index contributed by atoms with van der Waals surface area (Å²) in [7, 11) is 0. The molecule has 2 amide bonds. The zero-order chi connectivity index (χ0) is 20.1. The lowest BCUT2D eigenvalue weighted by Crippen LogP contribution is -2.49. The Labute approximate surface area is 164 Å². The van der Waals surface area contributed by atoms with Crippen LogP contribution >= 0.6 is 11.8 Å². The number of nitrogens with one attached hydrogen (secondary N) is 1. The molecule has 0 aromatic heterocycles. The quantitative estimate of drug-likeness (QED) is 0.844. The van der Waals surface area contributed by atoms with Crippen molar-refractivity contribution in [2.75, 3.05) is 5.75 Å². The van der Waals surface area contributed by atoms with Gasteiger partial charge in [0.15, 0.2) is 0 Å². The second-order valence-corrected chi connectivity index (χ2v) is 8.36. The van der Waals surface area contributed by atoms with Crippen LogP contribution in [0.2, 0.25) is 0 Å². The van der Waals surface area contributed by atoms with Crippen LogP contribution in [-0.2, 0) is 22.4 Å². The summed E-state index contributed by atoms with van der Waals surface area (Å²) in [5.74, 6) is -0.123. The van der Waals surface area contributed by atoms with E-state index in [0.717, 1.165) is 17.7 Å². The van der Waals surface area contributed by atoms with Crippen molar-refractivity contribution in [2.24, 2.45) is 0 Å². The van der Waals surface area contributed by atoms with Crippen LogP contribution in [0.1, 0.15) is 34.0 Å². The number of amides is 2. The molecule has 2 heterocycles. The molecule has 0 radical (unpaired) electrons. The molecule has 146 valence electrons. The average Bonchev–Trinajstić information content (AvgIpc) is 3.13. The number of alkyl halides is 3. The molecule has 1 N–H and O–H groups in total. The van der Waals surface area contributed by atoms with Gasteiger partial charge in [-0.1, -0.05) is 30.3 Å². The van der Waals surface area contributed by atoms with Crippen molar-refractivity contribution in [3.05, 3.63) is 70.8 Å². The highest BCUT2D eigenvalue weighted by atomic mass is 32.2. The highest BCUT2D eigenvalue weighted by Gasteiger charge is 2.55. The monoisotopic (exact) mass is 406 g/mol. The molecule has 4 nitrogen and oxygen atoms in total. The lowest BCUT2D eigenvalue weighted by atomic mass is 10.1. The molecule has 0 saturated carbocycles. The van der Waals surface area contributed by atoms with E-state index >= 15 is 0 Å². The van der Waals surface area contributed by atoms with Crippen LogP contribution in [0.15, 0.2) is 48.5 Å². The Kier molecular flexibility index (Phi) is 4.41. The van der Waals surface area contributed by atoms with Crippen LogP contribution in [0.5, 0.6) is 0 Å². The Bertz CT molecular complexity index is 962. The molecule has 8 heteroatoms. The number of carbonyl (C=O) groups excluding carboxylic acids is 2. The Morgan fingerprint density at radius 3 is 2.75 bits per heavy atom. The summed E-state index contributed by atoms with van der Waals surface area (Å²) in [4.78, 5) is 26.6. The maximum atomic E-state index is 12.8. The predicted molar refractivity (Wildman–Crippen MR) is 99.5 cm³/mol. The van der Waals surface area contributed by atoms with Crippen molar-refractivity contribution in [2.45, 2.75) is 30.6 Å². The maximum absolute atomic E-state index is 12.8. The van der Waals surface area contributed by atoms with Gasteiger partial charge in [-0.25, -0.2) is 0 Å². The molecule has 2 aliphatic rings. The first-order chi connectivity index (χ1) is 13.2. The smallest absolute Gasteiger partial charge is 0.350 e. The third-order valence-electron chi connectivity index (χ3n) is 5.19. The molecule has 1 fully saturated rings. The molecular formula is C20H17F3N2O2S. The number of thioether (sulfide) groups is 1. The van der Waals surface area contributed by atoms with Crippen LogP contribution in [0.25, 0.3) is 0 Å². The second-order valence-electron chi connectivity index (χ2n) is 6.95. The van der Waals surface area contributed by atoms with Crippen LogP contribution in [0.4, 0.5) is 13.2 Å². The molecule has 1 saturated heterocycles. The fraction of sp³-hybridized carbons (Fsp3) is 0.300. The number of carbonyl (C=O) groups is 2. The van der Waals surface area contributed by atoms with Gasteiger partial charge in [0.25, 0.3) is 5.91 Å². The van der Waals surface area contributed by atoms with Gasteiger partial charge in [-0.3, -0.25) is 9.59 Å². The van der Waals surface area contributed by atoms with Crippen LogP contribution in [0, 0.1) is 0 Å². The molecule has 4 rings (SSSR count). The van der Waals surface area contributed by atoms with Gasteiger partial charge in [0.05, 0.1) is 5.56 Å². The highest BCUT2D eigenvalue weighted by Crippen LogP contribution is 2.53. The lowest BCUT2D eigenvalue weighted by molar-refractivity contribution is -0.137. The van der Waals surface area contributed by atoms with Gasteiger partial charge in [-0.15, -0.1) is 11.8 Å². The van der Waals surface area contributed by atoms with E-state index in [0.29, 0.717) is 16.9 Å². The predicted octanol–water partition coefficient (Wildman–Crippen LogP) is 3.77. The first-order valence-corrected chi connectivity index (χ1v) is 9.71. The Morgan fingerprint density at radius 1 is 1.25 bits per heavy atom.